The van der Waals surface area contributed by atoms with Crippen LogP contribution in [0, 0.1) is 5.92 Å². The number of alkyl carbamates (subject to hydrolysis) is 1. The van der Waals surface area contributed by atoms with Crippen LogP contribution in [0.15, 0.2) is 128 Å². The molecular weight excluding hydrogens is 776 g/mol. The number of Topliss-reactive ketones (excluding diaryl/α,β-unsaturated/α-hetero) is 1. The highest BCUT2D eigenvalue weighted by Crippen LogP contribution is 2.51. The number of likely N-dealkylation sites (tertiary alicyclic amines) is 1. The summed E-state index contributed by atoms with van der Waals surface area (Å²) in [5, 5.41) is 5.17. The van der Waals surface area contributed by atoms with E-state index in [4.69, 9.17) is 13.9 Å². The van der Waals surface area contributed by atoms with Crippen molar-refractivity contribution in [3.8, 4) is 0 Å². The molecule has 1 N–H and O–H groups in total. The number of esters is 1. The van der Waals surface area contributed by atoms with Gasteiger partial charge in [-0.1, -0.05) is 149 Å². The van der Waals surface area contributed by atoms with Gasteiger partial charge in [0, 0.05) is 25.4 Å². The standard InChI is InChI=1S/C48H59N2O7PSi/c1-11-31-55-45(53)44(58(37-21-15-12-16-22-37,38-23-17-13-18-24-38)39-25-19-14-20-26-39)50-40(42(43(50)52)34(2)57-59(9,10)48(6,7)8)32-41(51)36-29-27-35(28-30-36)33-49-46(54)56-47(3,4)5/h11-30,34,40,42H,1,31-33H2,2-10H3,(H,49,54)/t34-,40-,42-/m1/s1. The first-order chi connectivity index (χ1) is 27.8. The molecule has 1 heterocycles. The van der Waals surface area contributed by atoms with Gasteiger partial charge in [-0.2, -0.15) is 0 Å². The highest BCUT2D eigenvalue weighted by atomic mass is 31.2. The molecule has 4 aromatic carbocycles. The van der Waals surface area contributed by atoms with Gasteiger partial charge in [-0.15, -0.1) is 0 Å². The summed E-state index contributed by atoms with van der Waals surface area (Å²) in [4.78, 5) is 58.5. The summed E-state index contributed by atoms with van der Waals surface area (Å²) in [5.74, 6) is -1.88. The highest BCUT2D eigenvalue weighted by Gasteiger charge is 2.57. The van der Waals surface area contributed by atoms with Crippen molar-refractivity contribution in [3.05, 3.63) is 139 Å². The van der Waals surface area contributed by atoms with Gasteiger partial charge in [0.25, 0.3) is 0 Å². The highest BCUT2D eigenvalue weighted by molar-refractivity contribution is 7.96. The lowest BCUT2D eigenvalue weighted by Gasteiger charge is -2.53. The van der Waals surface area contributed by atoms with Crippen LogP contribution in [-0.4, -0.2) is 66.7 Å². The summed E-state index contributed by atoms with van der Waals surface area (Å²) >= 11 is 0. The molecule has 1 aliphatic rings. The van der Waals surface area contributed by atoms with E-state index in [0.29, 0.717) is 5.56 Å². The van der Waals surface area contributed by atoms with Gasteiger partial charge >= 0.3 is 12.1 Å². The molecule has 0 saturated carbocycles. The Morgan fingerprint density at radius 2 is 1.31 bits per heavy atom. The number of carbonyl (C=O) groups excluding carboxylic acids is 4. The Labute approximate surface area is 351 Å². The number of nitrogens with one attached hydrogen (secondary N) is 1. The second kappa shape index (κ2) is 18.5. The maximum Gasteiger partial charge on any atom is 0.407 e. The number of amides is 2. The molecule has 9 nitrogen and oxygen atoms in total. The monoisotopic (exact) mass is 834 g/mol. The molecule has 1 saturated heterocycles. The fraction of sp³-hybridized carbons (Fsp3) is 0.354. The molecule has 0 unspecified atom stereocenters. The maximum absolute atomic E-state index is 15.2. The number of ketones is 1. The Hall–Kier alpha value is -5.02. The molecule has 59 heavy (non-hydrogen) atoms. The van der Waals surface area contributed by atoms with Crippen LogP contribution in [0.2, 0.25) is 18.1 Å². The topological polar surface area (TPSA) is 111 Å². The van der Waals surface area contributed by atoms with Crippen LogP contribution < -0.4 is 21.2 Å². The fourth-order valence-corrected chi connectivity index (χ4v) is 13.1. The Morgan fingerprint density at radius 3 is 1.75 bits per heavy atom. The third-order valence-electron chi connectivity index (χ3n) is 11.1. The number of rotatable bonds is 15. The normalized spacial score (nSPS) is 16.4. The third kappa shape index (κ3) is 10.1. The van der Waals surface area contributed by atoms with E-state index in [0.717, 1.165) is 21.5 Å². The quantitative estimate of drug-likeness (QED) is 0.0320. The van der Waals surface area contributed by atoms with E-state index in [-0.39, 0.29) is 41.7 Å². The summed E-state index contributed by atoms with van der Waals surface area (Å²) in [5.41, 5.74) is 0.788. The van der Waals surface area contributed by atoms with Crippen LogP contribution in [0.5, 0.6) is 0 Å². The van der Waals surface area contributed by atoms with E-state index in [9.17, 15) is 14.4 Å². The van der Waals surface area contributed by atoms with E-state index in [2.05, 4.69) is 45.8 Å². The Bertz CT molecular complexity index is 2070. The molecular formula is C48H59N2O7PSi. The van der Waals surface area contributed by atoms with Crippen molar-refractivity contribution in [1.29, 1.82) is 0 Å². The number of β-lactam (4-membered cyclic amide) rings is 1. The number of benzene rings is 4. The largest absolute Gasteiger partial charge is 0.457 e. The fourth-order valence-electron chi connectivity index (χ4n) is 7.24. The van der Waals surface area contributed by atoms with Crippen LogP contribution in [0.1, 0.15) is 70.8 Å². The number of ether oxygens (including phenoxy) is 2. The van der Waals surface area contributed by atoms with Crippen molar-refractivity contribution in [3.63, 3.8) is 0 Å². The van der Waals surface area contributed by atoms with Crippen LogP contribution in [0.4, 0.5) is 4.79 Å². The van der Waals surface area contributed by atoms with E-state index in [1.807, 2.05) is 97.9 Å². The molecule has 0 bridgehead atoms. The number of carbonyl (C=O) groups is 4. The zero-order valence-electron chi connectivity index (χ0n) is 35.9. The molecule has 1 aliphatic heterocycles. The minimum absolute atomic E-state index is 0.0736. The average molecular weight is 835 g/mol. The lowest BCUT2D eigenvalue weighted by Crippen LogP contribution is -2.69. The number of nitrogens with zero attached hydrogens (tertiary/aromatic N) is 1. The van der Waals surface area contributed by atoms with Gasteiger partial charge in [0.05, 0.1) is 18.1 Å². The van der Waals surface area contributed by atoms with Gasteiger partial charge in [-0.05, 0) is 67.3 Å². The lowest BCUT2D eigenvalue weighted by molar-refractivity contribution is -0.156. The van der Waals surface area contributed by atoms with Crippen molar-refractivity contribution in [2.24, 2.45) is 5.92 Å². The van der Waals surface area contributed by atoms with Gasteiger partial charge in [0.1, 0.15) is 17.6 Å². The van der Waals surface area contributed by atoms with E-state index in [1.54, 1.807) is 49.9 Å². The summed E-state index contributed by atoms with van der Waals surface area (Å²) in [7, 11) is -2.39. The van der Waals surface area contributed by atoms with Crippen molar-refractivity contribution >= 4 is 60.3 Å². The minimum Gasteiger partial charge on any atom is -0.457 e. The maximum atomic E-state index is 15.2. The molecule has 0 spiro atoms. The van der Waals surface area contributed by atoms with Crippen molar-refractivity contribution in [1.82, 2.24) is 10.2 Å². The third-order valence-corrected chi connectivity index (χ3v) is 19.9. The van der Waals surface area contributed by atoms with Gasteiger partial charge < -0.3 is 24.1 Å². The molecule has 312 valence electrons. The SMILES string of the molecule is C=CCOC(=O)C(N1C(=O)[C@H]([C@@H](C)O[Si](C)(C)C(C)(C)C)[C@H]1CC(=O)c1ccc(CNC(=O)OC(C)(C)C)cc1)=P(c1ccccc1)(c1ccccc1)c1ccccc1. The Kier molecular flexibility index (Phi) is 14.1. The van der Waals surface area contributed by atoms with Crippen molar-refractivity contribution in [2.75, 3.05) is 6.61 Å². The molecule has 3 atom stereocenters. The van der Waals surface area contributed by atoms with E-state index >= 15 is 4.79 Å². The zero-order valence-corrected chi connectivity index (χ0v) is 37.8. The van der Waals surface area contributed by atoms with Crippen LogP contribution in [-0.2, 0) is 30.0 Å². The molecule has 5 rings (SSSR count). The molecule has 2 amide bonds. The predicted molar refractivity (Wildman–Crippen MR) is 242 cm³/mol. The Morgan fingerprint density at radius 1 is 0.814 bits per heavy atom. The molecule has 1 fully saturated rings. The average Bonchev–Trinajstić information content (AvgIpc) is 3.19. The van der Waals surface area contributed by atoms with Gasteiger partial charge in [-0.25, -0.2) is 9.59 Å². The van der Waals surface area contributed by atoms with E-state index in [1.165, 1.54) is 6.08 Å². The second-order valence-electron chi connectivity index (χ2n) is 17.5. The van der Waals surface area contributed by atoms with Gasteiger partial charge in [0.15, 0.2) is 14.1 Å². The first-order valence-electron chi connectivity index (χ1n) is 20.1. The summed E-state index contributed by atoms with van der Waals surface area (Å²) in [6.45, 7) is 18.8. The molecule has 0 aromatic heterocycles. The van der Waals surface area contributed by atoms with Crippen molar-refractivity contribution in [2.45, 2.75) is 97.3 Å². The first-order valence-corrected chi connectivity index (χ1v) is 24.8. The lowest BCUT2D eigenvalue weighted by atomic mass is 9.79. The molecule has 4 aromatic rings. The smallest absolute Gasteiger partial charge is 0.407 e. The molecule has 0 radical (unpaired) electrons. The summed E-state index contributed by atoms with van der Waals surface area (Å²) in [6.07, 6.45) is 0.342. The van der Waals surface area contributed by atoms with Crippen LogP contribution in [0.3, 0.4) is 0 Å². The van der Waals surface area contributed by atoms with Crippen LogP contribution >= 0.6 is 6.89 Å². The van der Waals surface area contributed by atoms with Crippen LogP contribution in [0.25, 0.3) is 0 Å². The first kappa shape index (κ1) is 45.1. The molecule has 11 heteroatoms. The minimum atomic E-state index is -3.21. The number of hydrogen-bond acceptors (Lipinski definition) is 7. The molecule has 0 aliphatic carbocycles. The predicted octanol–water partition coefficient (Wildman–Crippen LogP) is 8.37. The van der Waals surface area contributed by atoms with Gasteiger partial charge in [0.2, 0.25) is 5.91 Å². The van der Waals surface area contributed by atoms with Gasteiger partial charge in [-0.3, -0.25) is 9.59 Å². The van der Waals surface area contributed by atoms with E-state index < -0.39 is 50.9 Å². The second-order valence-corrected chi connectivity index (χ2v) is 25.5. The zero-order chi connectivity index (χ0) is 43.2. The Balaban J connectivity index is 1.70. The summed E-state index contributed by atoms with van der Waals surface area (Å²) < 4.78 is 18.2. The van der Waals surface area contributed by atoms with Crippen molar-refractivity contribution < 1.29 is 33.1 Å². The summed E-state index contributed by atoms with van der Waals surface area (Å²) in [6, 6.07) is 35.7. The number of hydrogen-bond donors (Lipinski definition) is 1.